The van der Waals surface area contributed by atoms with E-state index in [1.165, 1.54) is 22.9 Å². The molecule has 0 saturated carbocycles. The van der Waals surface area contributed by atoms with Gasteiger partial charge in [-0.1, -0.05) is 18.2 Å². The molecule has 2 aromatic carbocycles. The first-order chi connectivity index (χ1) is 17.4. The predicted octanol–water partition coefficient (Wildman–Crippen LogP) is 5.68. The quantitative estimate of drug-likeness (QED) is 0.349. The molecule has 0 atom stereocenters. The molecule has 2 heterocycles. The third-order valence-electron chi connectivity index (χ3n) is 5.38. The van der Waals surface area contributed by atoms with Gasteiger partial charge in [-0.25, -0.2) is 4.98 Å². The van der Waals surface area contributed by atoms with E-state index in [0.29, 0.717) is 28.4 Å². The maximum atomic E-state index is 12.8. The van der Waals surface area contributed by atoms with Gasteiger partial charge in [0.15, 0.2) is 5.82 Å². The Kier molecular flexibility index (Phi) is 6.59. The molecule has 0 aliphatic rings. The first kappa shape index (κ1) is 25.2. The highest BCUT2D eigenvalue weighted by Crippen LogP contribution is 2.27. The van der Waals surface area contributed by atoms with E-state index in [1.54, 1.807) is 73.8 Å². The van der Waals surface area contributed by atoms with Crippen molar-refractivity contribution >= 4 is 29.0 Å². The molecule has 0 aliphatic carbocycles. The number of anilines is 2. The molecule has 0 saturated heterocycles. The average Bonchev–Trinajstić information content (AvgIpc) is 3.25. The lowest BCUT2D eigenvalue weighted by atomic mass is 9.85. The second-order valence-corrected chi connectivity index (χ2v) is 8.61. The summed E-state index contributed by atoms with van der Waals surface area (Å²) >= 11 is 0. The van der Waals surface area contributed by atoms with Gasteiger partial charge in [0.1, 0.15) is 17.1 Å². The number of rotatable bonds is 6. The molecular formula is C26H20F3N5O3. The Morgan fingerprint density at radius 2 is 1.73 bits per heavy atom. The van der Waals surface area contributed by atoms with Crippen LogP contribution in [0.5, 0.6) is 11.5 Å². The zero-order chi connectivity index (χ0) is 26.8. The Bertz CT molecular complexity index is 1540. The van der Waals surface area contributed by atoms with Crippen molar-refractivity contribution in [3.63, 3.8) is 0 Å². The number of carbonyl (C=O) groups is 2. The largest absolute Gasteiger partial charge is 0.471 e. The van der Waals surface area contributed by atoms with Gasteiger partial charge in [-0.05, 0) is 55.8 Å². The first-order valence-electron chi connectivity index (χ1n) is 10.9. The number of alkyl halides is 3. The fourth-order valence-electron chi connectivity index (χ4n) is 3.37. The van der Waals surface area contributed by atoms with Crippen molar-refractivity contribution in [1.29, 1.82) is 5.26 Å². The Hall–Kier alpha value is -4.85. The van der Waals surface area contributed by atoms with E-state index in [1.807, 2.05) is 0 Å². The number of hydrogen-bond acceptors (Lipinski definition) is 5. The lowest BCUT2D eigenvalue weighted by Gasteiger charge is -2.16. The Balaban J connectivity index is 1.47. The molecule has 0 aliphatic heterocycles. The molecular weight excluding hydrogens is 487 g/mol. The number of imidazole rings is 1. The SMILES string of the molecule is CC(C)(C#N)c1cccc(C(=O)Nc2cccc(Oc3ccc4nc(NC(=O)C(F)(F)F)cn4c3)c2)c1. The number of nitrogens with zero attached hydrogens (tertiary/aromatic N) is 3. The first-order valence-corrected chi connectivity index (χ1v) is 10.9. The van der Waals surface area contributed by atoms with Gasteiger partial charge in [0.2, 0.25) is 0 Å². The van der Waals surface area contributed by atoms with Crippen molar-refractivity contribution in [3.05, 3.63) is 84.2 Å². The van der Waals surface area contributed by atoms with Crippen molar-refractivity contribution in [2.24, 2.45) is 0 Å². The molecule has 2 amide bonds. The molecule has 2 aromatic heterocycles. The molecule has 0 fully saturated rings. The minimum absolute atomic E-state index is 0.258. The van der Waals surface area contributed by atoms with Crippen LogP contribution >= 0.6 is 0 Å². The van der Waals surface area contributed by atoms with Gasteiger partial charge >= 0.3 is 12.1 Å². The summed E-state index contributed by atoms with van der Waals surface area (Å²) in [7, 11) is 0. The van der Waals surface area contributed by atoms with Crippen LogP contribution in [-0.2, 0) is 10.2 Å². The van der Waals surface area contributed by atoms with Crippen LogP contribution < -0.4 is 15.4 Å². The molecule has 0 radical (unpaired) electrons. The molecule has 0 spiro atoms. The number of benzene rings is 2. The number of nitrogens with one attached hydrogen (secondary N) is 2. The molecule has 11 heteroatoms. The number of fused-ring (bicyclic) bond motifs is 1. The highest BCUT2D eigenvalue weighted by atomic mass is 19.4. The minimum Gasteiger partial charge on any atom is -0.456 e. The van der Waals surface area contributed by atoms with E-state index in [2.05, 4.69) is 16.4 Å². The van der Waals surface area contributed by atoms with E-state index < -0.39 is 17.5 Å². The summed E-state index contributed by atoms with van der Waals surface area (Å²) in [6.07, 6.45) is -2.32. The molecule has 37 heavy (non-hydrogen) atoms. The van der Waals surface area contributed by atoms with E-state index in [9.17, 15) is 28.0 Å². The number of nitriles is 1. The second kappa shape index (κ2) is 9.66. The summed E-state index contributed by atoms with van der Waals surface area (Å²) in [5.41, 5.74) is 1.13. The Labute approximate surface area is 209 Å². The third kappa shape index (κ3) is 5.87. The summed E-state index contributed by atoms with van der Waals surface area (Å²) in [5, 5.41) is 13.9. The van der Waals surface area contributed by atoms with Crippen LogP contribution in [0.15, 0.2) is 73.1 Å². The minimum atomic E-state index is -5.03. The maximum absolute atomic E-state index is 12.8. The second-order valence-electron chi connectivity index (χ2n) is 8.61. The van der Waals surface area contributed by atoms with Crippen LogP contribution in [0, 0.1) is 11.3 Å². The number of halogens is 3. The molecule has 8 nitrogen and oxygen atoms in total. The molecule has 4 aromatic rings. The molecule has 2 N–H and O–H groups in total. The summed E-state index contributed by atoms with van der Waals surface area (Å²) in [6, 6.07) is 18.8. The van der Waals surface area contributed by atoms with Gasteiger partial charge in [0.25, 0.3) is 5.91 Å². The van der Waals surface area contributed by atoms with Crippen molar-refractivity contribution in [1.82, 2.24) is 9.38 Å². The molecule has 188 valence electrons. The van der Waals surface area contributed by atoms with Gasteiger partial charge in [-0.3, -0.25) is 9.59 Å². The van der Waals surface area contributed by atoms with Crippen molar-refractivity contribution in [2.75, 3.05) is 10.6 Å². The molecule has 4 rings (SSSR count). The smallest absolute Gasteiger partial charge is 0.456 e. The van der Waals surface area contributed by atoms with Crippen molar-refractivity contribution in [3.8, 4) is 17.6 Å². The van der Waals surface area contributed by atoms with E-state index >= 15 is 0 Å². The van der Waals surface area contributed by atoms with Crippen LogP contribution in [0.2, 0.25) is 0 Å². The summed E-state index contributed by atoms with van der Waals surface area (Å²) in [5.74, 6) is -2.00. The maximum Gasteiger partial charge on any atom is 0.471 e. The van der Waals surface area contributed by atoms with E-state index in [0.717, 1.165) is 5.56 Å². The number of ether oxygens (including phenoxy) is 1. The van der Waals surface area contributed by atoms with Gasteiger partial charge in [0, 0.05) is 17.3 Å². The van der Waals surface area contributed by atoms with Crippen molar-refractivity contribution < 1.29 is 27.5 Å². The van der Waals surface area contributed by atoms with Crippen molar-refractivity contribution in [2.45, 2.75) is 25.4 Å². The van der Waals surface area contributed by atoms with Crippen LogP contribution in [-0.4, -0.2) is 27.4 Å². The number of amides is 2. The lowest BCUT2D eigenvalue weighted by molar-refractivity contribution is -0.167. The van der Waals surface area contributed by atoms with Crippen LogP contribution in [0.1, 0.15) is 29.8 Å². The Morgan fingerprint density at radius 1 is 0.973 bits per heavy atom. The highest BCUT2D eigenvalue weighted by Gasteiger charge is 2.39. The van der Waals surface area contributed by atoms with Crippen LogP contribution in [0.4, 0.5) is 24.7 Å². The van der Waals surface area contributed by atoms with Gasteiger partial charge in [-0.15, -0.1) is 0 Å². The highest BCUT2D eigenvalue weighted by molar-refractivity contribution is 6.04. The molecule has 0 bridgehead atoms. The fourth-order valence-corrected chi connectivity index (χ4v) is 3.37. The number of aromatic nitrogens is 2. The fraction of sp³-hybridized carbons (Fsp3) is 0.154. The third-order valence-corrected chi connectivity index (χ3v) is 5.38. The number of carbonyl (C=O) groups excluding carboxylic acids is 2. The average molecular weight is 507 g/mol. The van der Waals surface area contributed by atoms with E-state index in [-0.39, 0.29) is 11.7 Å². The lowest BCUT2D eigenvalue weighted by Crippen LogP contribution is -2.30. The standard InChI is InChI=1S/C26H20F3N5O3/c1-25(2,15-30)17-6-3-5-16(11-17)23(35)31-18-7-4-8-19(12-18)37-20-9-10-22-32-21(14-34(22)13-20)33-24(36)26(27,28)29/h3-14H,1-2H3,(H,31,35)(H,33,36). The van der Waals surface area contributed by atoms with Crippen LogP contribution in [0.3, 0.4) is 0 Å². The van der Waals surface area contributed by atoms with Gasteiger partial charge in [0.05, 0.1) is 23.9 Å². The Morgan fingerprint density at radius 3 is 2.46 bits per heavy atom. The normalized spacial score (nSPS) is 11.6. The summed E-state index contributed by atoms with van der Waals surface area (Å²) in [4.78, 5) is 27.9. The van der Waals surface area contributed by atoms with Gasteiger partial charge < -0.3 is 19.8 Å². The van der Waals surface area contributed by atoms with Gasteiger partial charge in [-0.2, -0.15) is 18.4 Å². The zero-order valence-corrected chi connectivity index (χ0v) is 19.6. The summed E-state index contributed by atoms with van der Waals surface area (Å²) in [6.45, 7) is 3.54. The van der Waals surface area contributed by atoms with Crippen LogP contribution in [0.25, 0.3) is 5.65 Å². The number of pyridine rings is 1. The van der Waals surface area contributed by atoms with E-state index in [4.69, 9.17) is 4.74 Å². The molecule has 0 unspecified atom stereocenters. The predicted molar refractivity (Wildman–Crippen MR) is 129 cm³/mol. The number of hydrogen-bond donors (Lipinski definition) is 2. The summed E-state index contributed by atoms with van der Waals surface area (Å²) < 4.78 is 44.7. The zero-order valence-electron chi connectivity index (χ0n) is 19.6. The monoisotopic (exact) mass is 507 g/mol. The topological polar surface area (TPSA) is 109 Å².